The zero-order valence-electron chi connectivity index (χ0n) is 14.0. The second-order valence-corrected chi connectivity index (χ2v) is 6.96. The van der Waals surface area contributed by atoms with Crippen LogP contribution in [0.25, 0.3) is 6.08 Å². The molecule has 0 N–H and O–H groups in total. The first kappa shape index (κ1) is 16.0. The van der Waals surface area contributed by atoms with Crippen LogP contribution in [0, 0.1) is 0 Å². The van der Waals surface area contributed by atoms with Crippen LogP contribution in [0.15, 0.2) is 29.7 Å². The highest BCUT2D eigenvalue weighted by atomic mass is 32.1. The van der Waals surface area contributed by atoms with Gasteiger partial charge in [0.1, 0.15) is 13.2 Å². The van der Waals surface area contributed by atoms with Gasteiger partial charge in [-0.1, -0.05) is 0 Å². The molecule has 130 valence electrons. The van der Waals surface area contributed by atoms with Crippen LogP contribution in [0.4, 0.5) is 0 Å². The third-order valence-electron chi connectivity index (χ3n) is 4.39. The number of rotatable bonds is 3. The van der Waals surface area contributed by atoms with Gasteiger partial charge in [0.25, 0.3) is 0 Å². The zero-order chi connectivity index (χ0) is 17.2. The number of nitrogens with zero attached hydrogens (tertiary/aromatic N) is 1. The first-order chi connectivity index (χ1) is 12.2. The maximum atomic E-state index is 12.5. The van der Waals surface area contributed by atoms with Gasteiger partial charge in [0.05, 0.1) is 7.11 Å². The molecule has 0 saturated carbocycles. The van der Waals surface area contributed by atoms with E-state index in [1.54, 1.807) is 30.6 Å². The van der Waals surface area contributed by atoms with Crippen molar-refractivity contribution in [3.05, 3.63) is 45.7 Å². The molecule has 6 heteroatoms. The minimum atomic E-state index is 0.0192. The molecule has 0 unspecified atom stereocenters. The summed E-state index contributed by atoms with van der Waals surface area (Å²) in [5.41, 5.74) is 2.11. The Bertz CT molecular complexity index is 810. The standard InChI is InChI=1S/C19H19NO4S/c1-22-15-10-13(11-16-19(15)24-8-7-23-16)2-3-18(21)20-6-4-17-14(12-20)5-9-25-17/h2-3,5,9-11H,4,6-8,12H2,1H3/b3-2+. The smallest absolute Gasteiger partial charge is 0.246 e. The maximum Gasteiger partial charge on any atom is 0.246 e. The van der Waals surface area contributed by atoms with Gasteiger partial charge in [-0.25, -0.2) is 0 Å². The molecular formula is C19H19NO4S. The Morgan fingerprint density at radius 2 is 2.20 bits per heavy atom. The van der Waals surface area contributed by atoms with Crippen LogP contribution in [0.2, 0.25) is 0 Å². The molecule has 4 rings (SSSR count). The molecule has 1 aromatic heterocycles. The highest BCUT2D eigenvalue weighted by Crippen LogP contribution is 2.40. The molecule has 0 fully saturated rings. The van der Waals surface area contributed by atoms with Gasteiger partial charge in [0.2, 0.25) is 11.7 Å². The van der Waals surface area contributed by atoms with Crippen LogP contribution in [0.1, 0.15) is 16.0 Å². The van der Waals surface area contributed by atoms with E-state index in [9.17, 15) is 4.79 Å². The van der Waals surface area contributed by atoms with Crippen molar-refractivity contribution in [3.8, 4) is 17.2 Å². The normalized spacial score (nSPS) is 16.0. The lowest BCUT2D eigenvalue weighted by atomic mass is 10.1. The maximum absolute atomic E-state index is 12.5. The Kier molecular flexibility index (Phi) is 4.36. The lowest BCUT2D eigenvalue weighted by molar-refractivity contribution is -0.126. The summed E-state index contributed by atoms with van der Waals surface area (Å²) in [5, 5.41) is 2.09. The number of methoxy groups -OCH3 is 1. The van der Waals surface area contributed by atoms with Crippen LogP contribution in [-0.4, -0.2) is 37.7 Å². The molecule has 0 saturated heterocycles. The lowest BCUT2D eigenvalue weighted by Crippen LogP contribution is -2.34. The van der Waals surface area contributed by atoms with Crippen LogP contribution in [-0.2, 0) is 17.8 Å². The third kappa shape index (κ3) is 3.22. The quantitative estimate of drug-likeness (QED) is 0.792. The highest BCUT2D eigenvalue weighted by Gasteiger charge is 2.20. The number of carbonyl (C=O) groups is 1. The van der Waals surface area contributed by atoms with E-state index < -0.39 is 0 Å². The van der Waals surface area contributed by atoms with Gasteiger partial charge in [-0.2, -0.15) is 0 Å². The second kappa shape index (κ2) is 6.80. The van der Waals surface area contributed by atoms with E-state index in [-0.39, 0.29) is 5.91 Å². The first-order valence-corrected chi connectivity index (χ1v) is 9.12. The van der Waals surface area contributed by atoms with Crippen LogP contribution < -0.4 is 14.2 Å². The topological polar surface area (TPSA) is 48.0 Å². The summed E-state index contributed by atoms with van der Waals surface area (Å²) >= 11 is 1.77. The van der Waals surface area contributed by atoms with E-state index in [0.717, 1.165) is 18.5 Å². The minimum Gasteiger partial charge on any atom is -0.493 e. The third-order valence-corrected chi connectivity index (χ3v) is 5.41. The molecule has 2 aliphatic heterocycles. The van der Waals surface area contributed by atoms with Crippen molar-refractivity contribution >= 4 is 23.3 Å². The fraction of sp³-hybridized carbons (Fsp3) is 0.316. The summed E-state index contributed by atoms with van der Waals surface area (Å²) < 4.78 is 16.6. The average molecular weight is 357 g/mol. The van der Waals surface area contributed by atoms with Crippen molar-refractivity contribution in [3.63, 3.8) is 0 Å². The average Bonchev–Trinajstić information content (AvgIpc) is 3.13. The van der Waals surface area contributed by atoms with Crippen molar-refractivity contribution in [2.24, 2.45) is 0 Å². The molecule has 0 bridgehead atoms. The summed E-state index contributed by atoms with van der Waals surface area (Å²) in [6, 6.07) is 5.83. The summed E-state index contributed by atoms with van der Waals surface area (Å²) in [7, 11) is 1.60. The van der Waals surface area contributed by atoms with Gasteiger partial charge in [-0.15, -0.1) is 11.3 Å². The van der Waals surface area contributed by atoms with Crippen molar-refractivity contribution in [1.29, 1.82) is 0 Å². The summed E-state index contributed by atoms with van der Waals surface area (Å²) in [5.74, 6) is 1.91. The Balaban J connectivity index is 1.51. The largest absolute Gasteiger partial charge is 0.493 e. The molecule has 2 aromatic rings. The van der Waals surface area contributed by atoms with Crippen molar-refractivity contribution in [1.82, 2.24) is 4.90 Å². The monoisotopic (exact) mass is 357 g/mol. The summed E-state index contributed by atoms with van der Waals surface area (Å²) in [6.07, 6.45) is 4.35. The van der Waals surface area contributed by atoms with Gasteiger partial charge in [0, 0.05) is 24.0 Å². The molecule has 0 radical (unpaired) electrons. The number of carbonyl (C=O) groups excluding carboxylic acids is 1. The van der Waals surface area contributed by atoms with E-state index >= 15 is 0 Å². The molecule has 3 heterocycles. The number of benzene rings is 1. The highest BCUT2D eigenvalue weighted by molar-refractivity contribution is 7.10. The molecule has 1 aromatic carbocycles. The first-order valence-electron chi connectivity index (χ1n) is 8.24. The minimum absolute atomic E-state index is 0.0192. The van der Waals surface area contributed by atoms with Crippen LogP contribution in [0.3, 0.4) is 0 Å². The lowest BCUT2D eigenvalue weighted by Gasteiger charge is -2.25. The van der Waals surface area contributed by atoms with Gasteiger partial charge in [0.15, 0.2) is 11.5 Å². The van der Waals surface area contributed by atoms with Crippen LogP contribution >= 0.6 is 11.3 Å². The Labute approximate surface area is 150 Å². The molecule has 2 aliphatic rings. The van der Waals surface area contributed by atoms with Gasteiger partial charge < -0.3 is 19.1 Å². The van der Waals surface area contributed by atoms with E-state index in [0.29, 0.717) is 37.0 Å². The predicted molar refractivity (Wildman–Crippen MR) is 96.5 cm³/mol. The summed E-state index contributed by atoms with van der Waals surface area (Å²) in [6.45, 7) is 2.48. The van der Waals surface area contributed by atoms with E-state index in [2.05, 4.69) is 11.4 Å². The fourth-order valence-electron chi connectivity index (χ4n) is 3.10. The number of ether oxygens (including phenoxy) is 3. The van der Waals surface area contributed by atoms with Crippen molar-refractivity contribution in [2.75, 3.05) is 26.9 Å². The Morgan fingerprint density at radius 3 is 3.08 bits per heavy atom. The van der Waals surface area contributed by atoms with E-state index in [4.69, 9.17) is 14.2 Å². The SMILES string of the molecule is COc1cc(/C=C/C(=O)N2CCc3sccc3C2)cc2c1OCCO2. The molecular weight excluding hydrogens is 338 g/mol. The van der Waals surface area contributed by atoms with Gasteiger partial charge >= 0.3 is 0 Å². The number of thiophene rings is 1. The molecule has 0 aliphatic carbocycles. The van der Waals surface area contributed by atoms with Gasteiger partial charge in [-0.05, 0) is 47.2 Å². The number of fused-ring (bicyclic) bond motifs is 2. The Morgan fingerprint density at radius 1 is 1.32 bits per heavy atom. The predicted octanol–water partition coefficient (Wildman–Crippen LogP) is 3.13. The number of hydrogen-bond donors (Lipinski definition) is 0. The Hall–Kier alpha value is -2.47. The molecule has 5 nitrogen and oxygen atoms in total. The van der Waals surface area contributed by atoms with Crippen LogP contribution in [0.5, 0.6) is 17.2 Å². The van der Waals surface area contributed by atoms with Crippen molar-refractivity contribution < 1.29 is 19.0 Å². The molecule has 0 atom stereocenters. The van der Waals surface area contributed by atoms with Gasteiger partial charge in [-0.3, -0.25) is 4.79 Å². The van der Waals surface area contributed by atoms with Crippen molar-refractivity contribution in [2.45, 2.75) is 13.0 Å². The fourth-order valence-corrected chi connectivity index (χ4v) is 3.99. The van der Waals surface area contributed by atoms with E-state index in [1.807, 2.05) is 17.0 Å². The van der Waals surface area contributed by atoms with E-state index in [1.165, 1.54) is 10.4 Å². The summed E-state index contributed by atoms with van der Waals surface area (Å²) in [4.78, 5) is 15.8. The molecule has 25 heavy (non-hydrogen) atoms. The number of amides is 1. The zero-order valence-corrected chi connectivity index (χ0v) is 14.8. The second-order valence-electron chi connectivity index (χ2n) is 5.96. The number of hydrogen-bond acceptors (Lipinski definition) is 5. The molecule has 1 amide bonds. The molecule has 0 spiro atoms.